The molecule has 24 heavy (non-hydrogen) atoms. The molecule has 0 amide bonds. The Morgan fingerprint density at radius 3 is 2.29 bits per heavy atom. The summed E-state index contributed by atoms with van der Waals surface area (Å²) in [5.74, 6) is -2.76. The van der Waals surface area contributed by atoms with E-state index in [0.29, 0.717) is 17.1 Å². The maximum absolute atomic E-state index is 14.2. The molecule has 0 radical (unpaired) electrons. The minimum Gasteiger partial charge on any atom is -0.411 e. The Balaban J connectivity index is 2.71. The van der Waals surface area contributed by atoms with Crippen molar-refractivity contribution in [2.45, 2.75) is 77.4 Å². The number of aryl methyl sites for hydroxylation is 1. The summed E-state index contributed by atoms with van der Waals surface area (Å²) in [5.41, 5.74) is 7.64. The van der Waals surface area contributed by atoms with Crippen molar-refractivity contribution in [3.8, 4) is 0 Å². The largest absolute Gasteiger partial charge is 0.411 e. The molecule has 0 aliphatic carbocycles. The summed E-state index contributed by atoms with van der Waals surface area (Å²) in [6.07, 6.45) is 1.17. The van der Waals surface area contributed by atoms with Crippen LogP contribution in [0.25, 0.3) is 0 Å². The van der Waals surface area contributed by atoms with Crippen LogP contribution in [-0.2, 0) is 10.8 Å². The number of rotatable bonds is 7. The number of hydrogen-bond acceptors (Lipinski definition) is 4. The second-order valence-corrected chi connectivity index (χ2v) is 13.0. The van der Waals surface area contributed by atoms with Gasteiger partial charge in [0.05, 0.1) is 23.7 Å². The first-order valence-electron chi connectivity index (χ1n) is 8.38. The normalized spacial score (nSPS) is 13.6. The fourth-order valence-electron chi connectivity index (χ4n) is 1.98. The Morgan fingerprint density at radius 1 is 1.21 bits per heavy atom. The van der Waals surface area contributed by atoms with Gasteiger partial charge in [-0.05, 0) is 30.5 Å². The number of anilines is 1. The second kappa shape index (κ2) is 7.43. The van der Waals surface area contributed by atoms with E-state index < -0.39 is 20.8 Å². The lowest BCUT2D eigenvalue weighted by atomic mass is 10.0. The Bertz CT molecular complexity index is 557. The van der Waals surface area contributed by atoms with E-state index in [9.17, 15) is 8.78 Å². The van der Waals surface area contributed by atoms with Crippen molar-refractivity contribution in [3.05, 3.63) is 17.7 Å². The van der Waals surface area contributed by atoms with Crippen LogP contribution in [0.3, 0.4) is 0 Å². The van der Waals surface area contributed by atoms with Gasteiger partial charge in [-0.3, -0.25) is 0 Å². The Labute approximate surface area is 145 Å². The third-order valence-electron chi connectivity index (χ3n) is 4.72. The van der Waals surface area contributed by atoms with Gasteiger partial charge in [0.15, 0.2) is 8.32 Å². The van der Waals surface area contributed by atoms with Gasteiger partial charge in [-0.1, -0.05) is 34.6 Å². The number of aromatic nitrogens is 2. The zero-order valence-corrected chi connectivity index (χ0v) is 16.9. The van der Waals surface area contributed by atoms with E-state index in [-0.39, 0.29) is 23.8 Å². The van der Waals surface area contributed by atoms with Crippen molar-refractivity contribution >= 4 is 14.0 Å². The summed E-state index contributed by atoms with van der Waals surface area (Å²) < 4.78 is 34.1. The molecule has 0 unspecified atom stereocenters. The maximum Gasteiger partial charge on any atom is 0.270 e. The van der Waals surface area contributed by atoms with E-state index in [1.54, 1.807) is 0 Å². The molecule has 0 atom stereocenters. The van der Waals surface area contributed by atoms with Gasteiger partial charge in [0.25, 0.3) is 5.92 Å². The maximum atomic E-state index is 14.2. The van der Waals surface area contributed by atoms with Gasteiger partial charge in [-0.2, -0.15) is 0 Å². The summed E-state index contributed by atoms with van der Waals surface area (Å²) in [7, 11) is -2.19. The van der Waals surface area contributed by atoms with Crippen molar-refractivity contribution in [2.24, 2.45) is 0 Å². The van der Waals surface area contributed by atoms with E-state index in [4.69, 9.17) is 10.2 Å². The lowest BCUT2D eigenvalue weighted by Crippen LogP contribution is -2.44. The minimum absolute atomic E-state index is 0.0909. The summed E-state index contributed by atoms with van der Waals surface area (Å²) in [6, 6.07) is 0. The Morgan fingerprint density at radius 2 is 1.79 bits per heavy atom. The highest BCUT2D eigenvalue weighted by atomic mass is 28.4. The molecule has 0 aliphatic rings. The van der Waals surface area contributed by atoms with E-state index in [1.165, 1.54) is 6.33 Å². The smallest absolute Gasteiger partial charge is 0.270 e. The molecule has 2 N–H and O–H groups in total. The molecule has 0 saturated carbocycles. The molecular formula is C17H31F2N3OSi. The van der Waals surface area contributed by atoms with E-state index >= 15 is 0 Å². The highest BCUT2D eigenvalue weighted by molar-refractivity contribution is 6.74. The molecule has 1 aromatic heterocycles. The first-order chi connectivity index (χ1) is 10.8. The van der Waals surface area contributed by atoms with Gasteiger partial charge in [0.2, 0.25) is 0 Å². The molecule has 7 heteroatoms. The summed E-state index contributed by atoms with van der Waals surface area (Å²) in [5, 5.41) is -0.0909. The van der Waals surface area contributed by atoms with Gasteiger partial charge in [-0.25, -0.2) is 18.7 Å². The summed E-state index contributed by atoms with van der Waals surface area (Å²) in [4.78, 5) is 8.21. The predicted molar refractivity (Wildman–Crippen MR) is 97.0 cm³/mol. The van der Waals surface area contributed by atoms with Crippen LogP contribution in [0, 0.1) is 0 Å². The monoisotopic (exact) mass is 359 g/mol. The molecule has 0 spiro atoms. The summed E-state index contributed by atoms with van der Waals surface area (Å²) in [6.45, 7) is 13.4. The number of halogens is 2. The Kier molecular flexibility index (Phi) is 6.49. The molecule has 4 nitrogen and oxygen atoms in total. The standard InChI is InChI=1S/C17H31F2N3OSi/c1-12(2)15-14(20)13(21-11-22-15)8-9-17(18,19)10-23-24(6,7)16(3,4)5/h11-12H,8-10,20H2,1-7H3. The molecule has 0 bridgehead atoms. The van der Waals surface area contributed by atoms with Crippen molar-refractivity contribution in [3.63, 3.8) is 0 Å². The van der Waals surface area contributed by atoms with Crippen LogP contribution in [0.5, 0.6) is 0 Å². The van der Waals surface area contributed by atoms with Gasteiger partial charge in [-0.15, -0.1) is 0 Å². The van der Waals surface area contributed by atoms with Crippen LogP contribution in [0.1, 0.15) is 58.3 Å². The summed E-state index contributed by atoms with van der Waals surface area (Å²) >= 11 is 0. The van der Waals surface area contributed by atoms with E-state index in [1.807, 2.05) is 47.7 Å². The molecule has 0 aromatic carbocycles. The van der Waals surface area contributed by atoms with Crippen molar-refractivity contribution in [2.75, 3.05) is 12.3 Å². The lowest BCUT2D eigenvalue weighted by molar-refractivity contribution is -0.0514. The van der Waals surface area contributed by atoms with Crippen LogP contribution in [-0.4, -0.2) is 30.8 Å². The number of hydrogen-bond donors (Lipinski definition) is 1. The van der Waals surface area contributed by atoms with Gasteiger partial charge in [0, 0.05) is 6.42 Å². The quantitative estimate of drug-likeness (QED) is 0.712. The molecule has 0 fully saturated rings. The number of nitrogens with zero attached hydrogens (tertiary/aromatic N) is 2. The second-order valence-electron chi connectivity index (χ2n) is 8.18. The van der Waals surface area contributed by atoms with Crippen molar-refractivity contribution in [1.82, 2.24) is 9.97 Å². The van der Waals surface area contributed by atoms with Crippen LogP contribution in [0.4, 0.5) is 14.5 Å². The van der Waals surface area contributed by atoms with Crippen LogP contribution >= 0.6 is 0 Å². The molecule has 1 aromatic rings. The first kappa shape index (κ1) is 21.0. The molecule has 0 saturated heterocycles. The van der Waals surface area contributed by atoms with Crippen molar-refractivity contribution in [1.29, 1.82) is 0 Å². The third-order valence-corrected chi connectivity index (χ3v) is 9.20. The topological polar surface area (TPSA) is 61.0 Å². The molecule has 1 heterocycles. The van der Waals surface area contributed by atoms with Gasteiger partial charge >= 0.3 is 0 Å². The SMILES string of the molecule is CC(C)c1ncnc(CCC(F)(F)CO[Si](C)(C)C(C)(C)C)c1N. The first-order valence-corrected chi connectivity index (χ1v) is 11.3. The molecule has 138 valence electrons. The minimum atomic E-state index is -2.90. The van der Waals surface area contributed by atoms with Crippen molar-refractivity contribution < 1.29 is 13.2 Å². The molecule has 0 aliphatic heterocycles. The molecule has 1 rings (SSSR count). The number of alkyl halides is 2. The average Bonchev–Trinajstić information content (AvgIpc) is 2.43. The number of nitrogens with two attached hydrogens (primary N) is 1. The zero-order chi connectivity index (χ0) is 18.8. The number of nitrogen functional groups attached to an aromatic ring is 1. The average molecular weight is 360 g/mol. The van der Waals surface area contributed by atoms with Crippen LogP contribution in [0.2, 0.25) is 18.1 Å². The zero-order valence-electron chi connectivity index (χ0n) is 15.9. The lowest BCUT2D eigenvalue weighted by Gasteiger charge is -2.37. The predicted octanol–water partition coefficient (Wildman–Crippen LogP) is 4.77. The fourth-order valence-corrected chi connectivity index (χ4v) is 2.99. The van der Waals surface area contributed by atoms with Crippen LogP contribution < -0.4 is 5.73 Å². The Hall–Kier alpha value is -1.08. The van der Waals surface area contributed by atoms with Gasteiger partial charge in [0.1, 0.15) is 6.33 Å². The van der Waals surface area contributed by atoms with E-state index in [0.717, 1.165) is 0 Å². The molecular weight excluding hydrogens is 328 g/mol. The fraction of sp³-hybridized carbons (Fsp3) is 0.765. The van der Waals surface area contributed by atoms with E-state index in [2.05, 4.69) is 9.97 Å². The van der Waals surface area contributed by atoms with Crippen LogP contribution in [0.15, 0.2) is 6.33 Å². The van der Waals surface area contributed by atoms with Gasteiger partial charge < -0.3 is 10.2 Å². The highest BCUT2D eigenvalue weighted by Gasteiger charge is 2.40. The highest BCUT2D eigenvalue weighted by Crippen LogP contribution is 2.38. The third kappa shape index (κ3) is 5.48.